The summed E-state index contributed by atoms with van der Waals surface area (Å²) in [6.07, 6.45) is 59.6. The molecule has 346 valence electrons. The summed E-state index contributed by atoms with van der Waals surface area (Å²) in [6, 6.07) is 0. The maximum Gasteiger partial charge on any atom is 0.309 e. The molecule has 0 saturated heterocycles. The molecule has 0 bridgehead atoms. The molecule has 0 aromatic rings. The van der Waals surface area contributed by atoms with Crippen molar-refractivity contribution in [1.82, 2.24) is 0 Å². The monoisotopic (exact) mass is 839 g/mol. The van der Waals surface area contributed by atoms with E-state index in [0.29, 0.717) is 12.8 Å². The van der Waals surface area contributed by atoms with Gasteiger partial charge in [0.25, 0.3) is 0 Å². The molecule has 0 amide bonds. The molecule has 1 unspecified atom stereocenters. The fraction of sp³-hybridized carbons (Fsp3) is 0.759. The zero-order valence-corrected chi connectivity index (χ0v) is 39.5. The molecule has 0 aliphatic heterocycles. The van der Waals surface area contributed by atoms with Crippen LogP contribution in [0.25, 0.3) is 0 Å². The Morgan fingerprint density at radius 1 is 0.383 bits per heavy atom. The highest BCUT2D eigenvalue weighted by molar-refractivity contribution is 5.72. The molecule has 6 nitrogen and oxygen atoms in total. The highest BCUT2D eigenvalue weighted by atomic mass is 16.6. The van der Waals surface area contributed by atoms with Gasteiger partial charge < -0.3 is 14.2 Å². The summed E-state index contributed by atoms with van der Waals surface area (Å²) in [5, 5.41) is 0. The number of hydrogen-bond acceptors (Lipinski definition) is 6. The Kier molecular flexibility index (Phi) is 46.4. The van der Waals surface area contributed by atoms with Crippen LogP contribution in [0.2, 0.25) is 0 Å². The summed E-state index contributed by atoms with van der Waals surface area (Å²) < 4.78 is 16.6. The fourth-order valence-electron chi connectivity index (χ4n) is 7.02. The minimum absolute atomic E-state index is 0.107. The van der Waals surface area contributed by atoms with Gasteiger partial charge in [-0.3, -0.25) is 14.4 Å². The average molecular weight is 839 g/mol. The number of unbranched alkanes of at least 4 members (excludes halogenated alkanes) is 26. The first-order chi connectivity index (χ1) is 29.5. The lowest BCUT2D eigenvalue weighted by atomic mass is 10.0. The van der Waals surface area contributed by atoms with E-state index in [1.807, 2.05) is 6.08 Å². The third-order valence-electron chi connectivity index (χ3n) is 10.8. The third kappa shape index (κ3) is 46.2. The standard InChI is InChI=1S/C54H94O6/c1-4-7-10-13-16-19-21-23-25-26-27-29-30-32-35-38-41-44-47-53(56)59-50-51(49-58-52(55)46-43-40-37-34-18-15-12-9-6-3)60-54(57)48-45-42-39-36-33-31-28-24-22-20-17-14-11-8-5-2/h9,12,18,25-27,29,34,40,43,51H,4-8,10-11,13-17,19-24,28,30-33,35-39,41-42,44-50H2,1-3H3/b12-9-,26-25-,29-27-,34-18-,43-40-. The van der Waals surface area contributed by atoms with Crippen molar-refractivity contribution in [2.75, 3.05) is 13.2 Å². The molecule has 0 spiro atoms. The third-order valence-corrected chi connectivity index (χ3v) is 10.8. The number of hydrogen-bond donors (Lipinski definition) is 0. The average Bonchev–Trinajstić information content (AvgIpc) is 3.24. The van der Waals surface area contributed by atoms with Crippen LogP contribution in [-0.2, 0) is 28.6 Å². The molecule has 0 aliphatic carbocycles. The molecule has 0 heterocycles. The second-order valence-electron chi connectivity index (χ2n) is 16.7. The van der Waals surface area contributed by atoms with Gasteiger partial charge in [0, 0.05) is 12.8 Å². The van der Waals surface area contributed by atoms with E-state index in [4.69, 9.17) is 14.2 Å². The first kappa shape index (κ1) is 57.1. The normalized spacial score (nSPS) is 12.5. The topological polar surface area (TPSA) is 78.9 Å². The minimum Gasteiger partial charge on any atom is -0.462 e. The summed E-state index contributed by atoms with van der Waals surface area (Å²) in [5.41, 5.74) is 0. The molecule has 1 atom stereocenters. The molecular formula is C54H94O6. The first-order valence-electron chi connectivity index (χ1n) is 25.3. The fourth-order valence-corrected chi connectivity index (χ4v) is 7.02. The number of rotatable bonds is 45. The van der Waals surface area contributed by atoms with Gasteiger partial charge in [0.1, 0.15) is 13.2 Å². The zero-order valence-electron chi connectivity index (χ0n) is 39.5. The smallest absolute Gasteiger partial charge is 0.309 e. The second-order valence-corrected chi connectivity index (χ2v) is 16.7. The highest BCUT2D eigenvalue weighted by Gasteiger charge is 2.19. The molecule has 0 aromatic carbocycles. The lowest BCUT2D eigenvalue weighted by Crippen LogP contribution is -2.30. The van der Waals surface area contributed by atoms with Crippen molar-refractivity contribution in [2.45, 2.75) is 252 Å². The summed E-state index contributed by atoms with van der Waals surface area (Å²) in [6.45, 7) is 6.41. The van der Waals surface area contributed by atoms with E-state index in [1.54, 1.807) is 6.08 Å². The van der Waals surface area contributed by atoms with Gasteiger partial charge in [-0.15, -0.1) is 0 Å². The molecule has 0 aromatic heterocycles. The Morgan fingerprint density at radius 3 is 1.20 bits per heavy atom. The van der Waals surface area contributed by atoms with Crippen LogP contribution in [0.4, 0.5) is 0 Å². The van der Waals surface area contributed by atoms with Gasteiger partial charge in [-0.25, -0.2) is 0 Å². The predicted octanol–water partition coefficient (Wildman–Crippen LogP) is 16.5. The van der Waals surface area contributed by atoms with E-state index in [1.165, 1.54) is 128 Å². The van der Waals surface area contributed by atoms with Crippen molar-refractivity contribution in [1.29, 1.82) is 0 Å². The number of allylic oxidation sites excluding steroid dienone is 9. The van der Waals surface area contributed by atoms with Gasteiger partial charge in [-0.1, -0.05) is 229 Å². The molecular weight excluding hydrogens is 745 g/mol. The summed E-state index contributed by atoms with van der Waals surface area (Å²) >= 11 is 0. The van der Waals surface area contributed by atoms with Crippen molar-refractivity contribution in [3.63, 3.8) is 0 Å². The Balaban J connectivity index is 4.38. The van der Waals surface area contributed by atoms with Crippen LogP contribution in [0.5, 0.6) is 0 Å². The molecule has 0 fully saturated rings. The summed E-state index contributed by atoms with van der Waals surface area (Å²) in [7, 11) is 0. The maximum absolute atomic E-state index is 12.8. The van der Waals surface area contributed by atoms with Gasteiger partial charge in [-0.05, 0) is 57.8 Å². The largest absolute Gasteiger partial charge is 0.462 e. The SMILES string of the molecule is CC/C=C\C/C=C\C/C=C\CC(=O)OCC(COC(=O)CCCCCCC/C=C\C=C/CCCCCCCCC)OC(=O)CCCCCCCCCCCCCCCCC. The van der Waals surface area contributed by atoms with E-state index >= 15 is 0 Å². The Morgan fingerprint density at radius 2 is 0.750 bits per heavy atom. The zero-order chi connectivity index (χ0) is 43.7. The van der Waals surface area contributed by atoms with Crippen LogP contribution in [-0.4, -0.2) is 37.2 Å². The quantitative estimate of drug-likeness (QED) is 0.0200. The molecule has 0 rings (SSSR count). The van der Waals surface area contributed by atoms with E-state index in [-0.39, 0.29) is 31.6 Å². The first-order valence-corrected chi connectivity index (χ1v) is 25.3. The number of carbonyl (C=O) groups is 3. The van der Waals surface area contributed by atoms with E-state index in [0.717, 1.165) is 77.0 Å². The van der Waals surface area contributed by atoms with Crippen molar-refractivity contribution in [3.8, 4) is 0 Å². The van der Waals surface area contributed by atoms with Crippen LogP contribution < -0.4 is 0 Å². The molecule has 6 heteroatoms. The highest BCUT2D eigenvalue weighted by Crippen LogP contribution is 2.15. The molecule has 0 radical (unpaired) electrons. The Bertz CT molecular complexity index is 1100. The number of ether oxygens (including phenoxy) is 3. The minimum atomic E-state index is -0.812. The van der Waals surface area contributed by atoms with E-state index in [9.17, 15) is 14.4 Å². The Hall–Kier alpha value is -2.89. The van der Waals surface area contributed by atoms with Crippen molar-refractivity contribution < 1.29 is 28.6 Å². The van der Waals surface area contributed by atoms with E-state index < -0.39 is 12.1 Å². The van der Waals surface area contributed by atoms with Crippen LogP contribution in [0, 0.1) is 0 Å². The van der Waals surface area contributed by atoms with Crippen LogP contribution >= 0.6 is 0 Å². The second kappa shape index (κ2) is 48.8. The molecule has 0 saturated carbocycles. The van der Waals surface area contributed by atoms with Crippen LogP contribution in [0.1, 0.15) is 245 Å². The van der Waals surface area contributed by atoms with Crippen LogP contribution in [0.3, 0.4) is 0 Å². The Labute approximate surface area is 370 Å². The molecule has 60 heavy (non-hydrogen) atoms. The lowest BCUT2D eigenvalue weighted by Gasteiger charge is -2.18. The van der Waals surface area contributed by atoms with Crippen molar-refractivity contribution in [2.24, 2.45) is 0 Å². The molecule has 0 N–H and O–H groups in total. The summed E-state index contributed by atoms with van der Waals surface area (Å²) in [5.74, 6) is -1.05. The van der Waals surface area contributed by atoms with Gasteiger partial charge in [0.15, 0.2) is 6.10 Å². The number of carbonyl (C=O) groups excluding carboxylic acids is 3. The predicted molar refractivity (Wildman–Crippen MR) is 256 cm³/mol. The van der Waals surface area contributed by atoms with Crippen molar-refractivity contribution >= 4 is 17.9 Å². The number of esters is 3. The summed E-state index contributed by atoms with van der Waals surface area (Å²) in [4.78, 5) is 37.8. The van der Waals surface area contributed by atoms with Crippen LogP contribution in [0.15, 0.2) is 60.8 Å². The van der Waals surface area contributed by atoms with E-state index in [2.05, 4.69) is 69.4 Å². The van der Waals surface area contributed by atoms with Gasteiger partial charge >= 0.3 is 17.9 Å². The van der Waals surface area contributed by atoms with Crippen molar-refractivity contribution in [3.05, 3.63) is 60.8 Å². The molecule has 0 aliphatic rings. The van der Waals surface area contributed by atoms with Gasteiger partial charge in [0.05, 0.1) is 6.42 Å². The van der Waals surface area contributed by atoms with Gasteiger partial charge in [0.2, 0.25) is 0 Å². The lowest BCUT2D eigenvalue weighted by molar-refractivity contribution is -0.166. The maximum atomic E-state index is 12.8. The van der Waals surface area contributed by atoms with Gasteiger partial charge in [-0.2, -0.15) is 0 Å².